The summed E-state index contributed by atoms with van der Waals surface area (Å²) in [7, 11) is 0. The second-order valence-electron chi connectivity index (χ2n) is 6.24. The number of aryl methyl sites for hydroxylation is 1. The zero-order valence-corrected chi connectivity index (χ0v) is 14.6. The van der Waals surface area contributed by atoms with Crippen molar-refractivity contribution in [2.75, 3.05) is 17.2 Å². The van der Waals surface area contributed by atoms with Gasteiger partial charge in [-0.2, -0.15) is 0 Å². The Kier molecular flexibility index (Phi) is 4.86. The largest absolute Gasteiger partial charge is 0.362 e. The van der Waals surface area contributed by atoms with Crippen LogP contribution in [0.15, 0.2) is 24.3 Å². The van der Waals surface area contributed by atoms with Gasteiger partial charge in [-0.25, -0.2) is 4.98 Å². The number of rotatable bonds is 4. The first-order valence-corrected chi connectivity index (χ1v) is 8.26. The Balaban J connectivity index is 2.17. The Morgan fingerprint density at radius 1 is 1.23 bits per heavy atom. The van der Waals surface area contributed by atoms with Gasteiger partial charge in [-0.15, -0.1) is 11.3 Å². The molecule has 2 N–H and O–H groups in total. The summed E-state index contributed by atoms with van der Waals surface area (Å²) in [6.45, 7) is 10.7. The molecule has 0 bridgehead atoms. The van der Waals surface area contributed by atoms with Crippen LogP contribution in [0.25, 0.3) is 11.3 Å². The molecule has 0 aliphatic carbocycles. The van der Waals surface area contributed by atoms with E-state index in [0.717, 1.165) is 28.6 Å². The van der Waals surface area contributed by atoms with Crippen molar-refractivity contribution in [1.82, 2.24) is 4.98 Å². The van der Waals surface area contributed by atoms with Gasteiger partial charge in [0.1, 0.15) is 0 Å². The molecule has 1 aromatic heterocycles. The molecule has 1 amide bonds. The van der Waals surface area contributed by atoms with E-state index < -0.39 is 5.41 Å². The van der Waals surface area contributed by atoms with E-state index in [2.05, 4.69) is 29.5 Å². The minimum Gasteiger partial charge on any atom is -0.362 e. The SMILES string of the molecule is CCNc1nc(-c2ccc(NC(=O)C(C)(C)C)cc2)c(C)s1. The van der Waals surface area contributed by atoms with Gasteiger partial charge in [0.2, 0.25) is 5.91 Å². The molecule has 1 aromatic carbocycles. The number of anilines is 2. The van der Waals surface area contributed by atoms with Crippen molar-refractivity contribution in [2.45, 2.75) is 34.6 Å². The number of nitrogens with one attached hydrogen (secondary N) is 2. The van der Waals surface area contributed by atoms with Gasteiger partial charge in [0.15, 0.2) is 5.13 Å². The standard InChI is InChI=1S/C17H23N3OS/c1-6-18-16-20-14(11(2)22-16)12-7-9-13(10-8-12)19-15(21)17(3,4)5/h7-10H,6H2,1-5H3,(H,18,20)(H,19,21). The van der Waals surface area contributed by atoms with Gasteiger partial charge in [-0.3, -0.25) is 4.79 Å². The predicted octanol–water partition coefficient (Wildman–Crippen LogP) is 4.53. The number of carbonyl (C=O) groups is 1. The fourth-order valence-corrected chi connectivity index (χ4v) is 2.82. The molecule has 118 valence electrons. The summed E-state index contributed by atoms with van der Waals surface area (Å²) >= 11 is 1.66. The summed E-state index contributed by atoms with van der Waals surface area (Å²) in [4.78, 5) is 17.8. The van der Waals surface area contributed by atoms with Crippen LogP contribution in [0.5, 0.6) is 0 Å². The second-order valence-corrected chi connectivity index (χ2v) is 7.44. The molecule has 0 fully saturated rings. The van der Waals surface area contributed by atoms with Crippen molar-refractivity contribution in [3.8, 4) is 11.3 Å². The molecule has 0 aliphatic rings. The maximum atomic E-state index is 12.0. The molecule has 0 atom stereocenters. The van der Waals surface area contributed by atoms with Gasteiger partial charge in [-0.05, 0) is 26.0 Å². The number of nitrogens with zero attached hydrogens (tertiary/aromatic N) is 1. The summed E-state index contributed by atoms with van der Waals surface area (Å²) in [6, 6.07) is 7.83. The Bertz CT molecular complexity index is 654. The van der Waals surface area contributed by atoms with Crippen molar-refractivity contribution in [2.24, 2.45) is 5.41 Å². The van der Waals surface area contributed by atoms with Crippen molar-refractivity contribution in [1.29, 1.82) is 0 Å². The number of hydrogen-bond donors (Lipinski definition) is 2. The van der Waals surface area contributed by atoms with Gasteiger partial charge in [0, 0.05) is 28.1 Å². The van der Waals surface area contributed by atoms with Crippen LogP contribution < -0.4 is 10.6 Å². The normalized spacial score (nSPS) is 11.3. The van der Waals surface area contributed by atoms with E-state index in [1.807, 2.05) is 45.0 Å². The van der Waals surface area contributed by atoms with Crippen LogP contribution in [-0.4, -0.2) is 17.4 Å². The van der Waals surface area contributed by atoms with E-state index in [1.165, 1.54) is 4.88 Å². The quantitative estimate of drug-likeness (QED) is 0.870. The number of aromatic nitrogens is 1. The molecule has 0 spiro atoms. The van der Waals surface area contributed by atoms with Crippen molar-refractivity contribution < 1.29 is 4.79 Å². The minimum atomic E-state index is -0.398. The highest BCUT2D eigenvalue weighted by atomic mass is 32.1. The average Bonchev–Trinajstić information content (AvgIpc) is 2.80. The molecule has 1 heterocycles. The molecule has 4 nitrogen and oxygen atoms in total. The number of amides is 1. The van der Waals surface area contributed by atoms with Crippen molar-refractivity contribution in [3.05, 3.63) is 29.1 Å². The summed E-state index contributed by atoms with van der Waals surface area (Å²) < 4.78 is 0. The highest BCUT2D eigenvalue weighted by Crippen LogP contribution is 2.31. The number of hydrogen-bond acceptors (Lipinski definition) is 4. The van der Waals surface area contributed by atoms with Crippen molar-refractivity contribution >= 4 is 28.1 Å². The molecule has 22 heavy (non-hydrogen) atoms. The summed E-state index contributed by atoms with van der Waals surface area (Å²) in [5.41, 5.74) is 2.47. The molecule has 0 aliphatic heterocycles. The van der Waals surface area contributed by atoms with E-state index in [0.29, 0.717) is 0 Å². The monoisotopic (exact) mass is 317 g/mol. The van der Waals surface area contributed by atoms with Crippen LogP contribution in [0.4, 0.5) is 10.8 Å². The third kappa shape index (κ3) is 3.85. The minimum absolute atomic E-state index is 0.0134. The fraction of sp³-hybridized carbons (Fsp3) is 0.412. The van der Waals surface area contributed by atoms with Crippen molar-refractivity contribution in [3.63, 3.8) is 0 Å². The summed E-state index contributed by atoms with van der Waals surface area (Å²) in [5.74, 6) is 0.0134. The Morgan fingerprint density at radius 3 is 2.41 bits per heavy atom. The lowest BCUT2D eigenvalue weighted by Crippen LogP contribution is -2.27. The van der Waals surface area contributed by atoms with Gasteiger partial charge >= 0.3 is 0 Å². The highest BCUT2D eigenvalue weighted by Gasteiger charge is 2.21. The average molecular weight is 317 g/mol. The predicted molar refractivity (Wildman–Crippen MR) is 94.5 cm³/mol. The molecule has 5 heteroatoms. The molecule has 2 aromatic rings. The molecule has 0 unspecified atom stereocenters. The first-order valence-electron chi connectivity index (χ1n) is 7.44. The first kappa shape index (κ1) is 16.5. The maximum Gasteiger partial charge on any atom is 0.229 e. The summed E-state index contributed by atoms with van der Waals surface area (Å²) in [5, 5.41) is 7.12. The van der Waals surface area contributed by atoms with E-state index in [-0.39, 0.29) is 5.91 Å². The van der Waals surface area contributed by atoms with Crippen LogP contribution in [0.1, 0.15) is 32.6 Å². The van der Waals surface area contributed by atoms with Crippen LogP contribution in [-0.2, 0) is 4.79 Å². The molecule has 2 rings (SSSR count). The van der Waals surface area contributed by atoms with Gasteiger partial charge in [0.05, 0.1) is 5.69 Å². The zero-order valence-electron chi connectivity index (χ0n) is 13.8. The first-order chi connectivity index (χ1) is 10.3. The molecule has 0 radical (unpaired) electrons. The molecule has 0 saturated carbocycles. The number of thiazole rings is 1. The van der Waals surface area contributed by atoms with Gasteiger partial charge in [-0.1, -0.05) is 32.9 Å². The lowest BCUT2D eigenvalue weighted by molar-refractivity contribution is -0.123. The third-order valence-electron chi connectivity index (χ3n) is 3.22. The van der Waals surface area contributed by atoms with E-state index in [4.69, 9.17) is 0 Å². The third-order valence-corrected chi connectivity index (χ3v) is 4.15. The second kappa shape index (κ2) is 6.48. The topological polar surface area (TPSA) is 54.0 Å². The number of benzene rings is 1. The zero-order chi connectivity index (χ0) is 16.3. The molecular weight excluding hydrogens is 294 g/mol. The number of carbonyl (C=O) groups excluding carboxylic acids is 1. The van der Waals surface area contributed by atoms with Gasteiger partial charge in [0.25, 0.3) is 0 Å². The van der Waals surface area contributed by atoms with E-state index in [1.54, 1.807) is 11.3 Å². The summed E-state index contributed by atoms with van der Waals surface area (Å²) in [6.07, 6.45) is 0. The molecule has 0 saturated heterocycles. The van der Waals surface area contributed by atoms with E-state index in [9.17, 15) is 4.79 Å². The van der Waals surface area contributed by atoms with Gasteiger partial charge < -0.3 is 10.6 Å². The van der Waals surface area contributed by atoms with Crippen LogP contribution in [0.3, 0.4) is 0 Å². The van der Waals surface area contributed by atoms with Crippen LogP contribution in [0, 0.1) is 12.3 Å². The molecular formula is C17H23N3OS. The Hall–Kier alpha value is -1.88. The smallest absolute Gasteiger partial charge is 0.229 e. The van der Waals surface area contributed by atoms with E-state index >= 15 is 0 Å². The highest BCUT2D eigenvalue weighted by molar-refractivity contribution is 7.16. The van der Waals surface area contributed by atoms with Crippen LogP contribution >= 0.6 is 11.3 Å². The Morgan fingerprint density at radius 2 is 1.86 bits per heavy atom. The lowest BCUT2D eigenvalue weighted by Gasteiger charge is -2.17. The maximum absolute atomic E-state index is 12.0. The Labute approximate surface area is 136 Å². The van der Waals surface area contributed by atoms with Crippen LogP contribution in [0.2, 0.25) is 0 Å². The lowest BCUT2D eigenvalue weighted by atomic mass is 9.95. The fourth-order valence-electron chi connectivity index (χ4n) is 1.92.